The van der Waals surface area contributed by atoms with Gasteiger partial charge < -0.3 is 10.2 Å². The summed E-state index contributed by atoms with van der Waals surface area (Å²) >= 11 is 0. The first-order chi connectivity index (χ1) is 8.61. The van der Waals surface area contributed by atoms with E-state index in [1.165, 1.54) is 12.8 Å². The van der Waals surface area contributed by atoms with E-state index in [1.807, 2.05) is 6.20 Å². The molecule has 1 saturated carbocycles. The molecule has 1 fully saturated rings. The van der Waals surface area contributed by atoms with E-state index in [1.54, 1.807) is 0 Å². The fraction of sp³-hybridized carbons (Fsp3) is 0.714. The Morgan fingerprint density at radius 2 is 2.17 bits per heavy atom. The van der Waals surface area contributed by atoms with Crippen LogP contribution < -0.4 is 10.2 Å². The van der Waals surface area contributed by atoms with E-state index in [4.69, 9.17) is 0 Å². The minimum atomic E-state index is 0.480. The van der Waals surface area contributed by atoms with Crippen molar-refractivity contribution in [2.24, 2.45) is 5.92 Å². The molecule has 1 N–H and O–H groups in total. The molecule has 4 nitrogen and oxygen atoms in total. The predicted molar refractivity (Wildman–Crippen MR) is 76.1 cm³/mol. The summed E-state index contributed by atoms with van der Waals surface area (Å²) < 4.78 is 0. The molecule has 1 aromatic rings. The highest BCUT2D eigenvalue weighted by molar-refractivity contribution is 5.49. The molecule has 0 saturated heterocycles. The van der Waals surface area contributed by atoms with E-state index in [9.17, 15) is 0 Å². The van der Waals surface area contributed by atoms with Gasteiger partial charge in [0.05, 0.1) is 0 Å². The Morgan fingerprint density at radius 1 is 1.44 bits per heavy atom. The van der Waals surface area contributed by atoms with Gasteiger partial charge in [0.2, 0.25) is 5.95 Å². The fourth-order valence-electron chi connectivity index (χ4n) is 2.09. The Balaban J connectivity index is 2.23. The van der Waals surface area contributed by atoms with E-state index in [0.29, 0.717) is 6.04 Å². The van der Waals surface area contributed by atoms with Crippen LogP contribution in [0.2, 0.25) is 0 Å². The highest BCUT2D eigenvalue weighted by Crippen LogP contribution is 2.32. The zero-order valence-electron chi connectivity index (χ0n) is 11.9. The summed E-state index contributed by atoms with van der Waals surface area (Å²) in [5.41, 5.74) is 1.16. The summed E-state index contributed by atoms with van der Waals surface area (Å²) in [7, 11) is 0. The zero-order valence-corrected chi connectivity index (χ0v) is 11.9. The summed E-state index contributed by atoms with van der Waals surface area (Å²) in [6.45, 7) is 10.6. The van der Waals surface area contributed by atoms with Crippen LogP contribution in [0, 0.1) is 12.8 Å². The smallest absolute Gasteiger partial charge is 0.224 e. The van der Waals surface area contributed by atoms with Gasteiger partial charge in [0.1, 0.15) is 5.82 Å². The third-order valence-corrected chi connectivity index (χ3v) is 3.33. The fourth-order valence-corrected chi connectivity index (χ4v) is 2.09. The molecule has 0 amide bonds. The molecule has 100 valence electrons. The van der Waals surface area contributed by atoms with E-state index in [2.05, 4.69) is 47.9 Å². The van der Waals surface area contributed by atoms with Gasteiger partial charge >= 0.3 is 0 Å². The lowest BCUT2D eigenvalue weighted by molar-refractivity contribution is 0.634. The number of hydrogen-bond donors (Lipinski definition) is 1. The molecular formula is C14H24N4. The third-order valence-electron chi connectivity index (χ3n) is 3.33. The van der Waals surface area contributed by atoms with Gasteiger partial charge in [-0.15, -0.1) is 0 Å². The van der Waals surface area contributed by atoms with Crippen LogP contribution in [0.5, 0.6) is 0 Å². The molecule has 0 radical (unpaired) electrons. The maximum atomic E-state index is 4.67. The Kier molecular flexibility index (Phi) is 4.04. The molecule has 0 bridgehead atoms. The Hall–Kier alpha value is -1.32. The molecule has 0 atom stereocenters. The maximum absolute atomic E-state index is 4.67. The van der Waals surface area contributed by atoms with Crippen molar-refractivity contribution in [1.82, 2.24) is 9.97 Å². The molecule has 0 spiro atoms. The average Bonchev–Trinajstić information content (AvgIpc) is 3.13. The van der Waals surface area contributed by atoms with Crippen molar-refractivity contribution >= 4 is 11.8 Å². The van der Waals surface area contributed by atoms with Crippen molar-refractivity contribution in [3.05, 3.63) is 11.8 Å². The number of anilines is 2. The molecular weight excluding hydrogens is 224 g/mol. The third kappa shape index (κ3) is 3.12. The number of hydrogen-bond acceptors (Lipinski definition) is 4. The van der Waals surface area contributed by atoms with Crippen molar-refractivity contribution in [3.63, 3.8) is 0 Å². The van der Waals surface area contributed by atoms with Gasteiger partial charge in [-0.3, -0.25) is 0 Å². The van der Waals surface area contributed by atoms with Crippen molar-refractivity contribution in [2.45, 2.75) is 46.6 Å². The average molecular weight is 248 g/mol. The quantitative estimate of drug-likeness (QED) is 0.840. The lowest BCUT2D eigenvalue weighted by Gasteiger charge is -2.29. The summed E-state index contributed by atoms with van der Waals surface area (Å²) in [5.74, 6) is 2.69. The number of rotatable bonds is 6. The first-order valence-corrected chi connectivity index (χ1v) is 6.96. The molecule has 2 rings (SSSR count). The monoisotopic (exact) mass is 248 g/mol. The van der Waals surface area contributed by atoms with Crippen LogP contribution in [0.15, 0.2) is 6.20 Å². The minimum absolute atomic E-state index is 0.480. The Bertz CT molecular complexity index is 399. The van der Waals surface area contributed by atoms with E-state index >= 15 is 0 Å². The molecule has 1 aliphatic carbocycles. The molecule has 1 heterocycles. The number of nitrogens with zero attached hydrogens (tertiary/aromatic N) is 3. The maximum Gasteiger partial charge on any atom is 0.224 e. The molecule has 1 aromatic heterocycles. The van der Waals surface area contributed by atoms with Crippen LogP contribution in [-0.2, 0) is 0 Å². The topological polar surface area (TPSA) is 41.1 Å². The lowest BCUT2D eigenvalue weighted by atomic mass is 10.2. The Morgan fingerprint density at radius 3 is 2.72 bits per heavy atom. The van der Waals surface area contributed by atoms with E-state index < -0.39 is 0 Å². The van der Waals surface area contributed by atoms with Crippen LogP contribution in [0.3, 0.4) is 0 Å². The zero-order chi connectivity index (χ0) is 13.1. The minimum Gasteiger partial charge on any atom is -0.354 e. The van der Waals surface area contributed by atoms with Crippen LogP contribution >= 0.6 is 0 Å². The first kappa shape index (κ1) is 13.1. The van der Waals surface area contributed by atoms with E-state index in [0.717, 1.165) is 36.3 Å². The van der Waals surface area contributed by atoms with Gasteiger partial charge in [0, 0.05) is 30.9 Å². The standard InChI is InChI=1S/C14H24N4/c1-5-15-14-16-8-11(4)13(17-14)18(10(2)3)9-12-6-7-12/h8,10,12H,5-7,9H2,1-4H3,(H,15,16,17). The molecule has 0 unspecified atom stereocenters. The van der Waals surface area contributed by atoms with Gasteiger partial charge in [0.15, 0.2) is 0 Å². The van der Waals surface area contributed by atoms with Crippen molar-refractivity contribution in [2.75, 3.05) is 23.3 Å². The second-order valence-corrected chi connectivity index (χ2v) is 5.42. The summed E-state index contributed by atoms with van der Waals surface area (Å²) in [5, 5.41) is 3.19. The number of nitrogens with one attached hydrogen (secondary N) is 1. The van der Waals surface area contributed by atoms with Gasteiger partial charge in [-0.1, -0.05) is 0 Å². The number of aromatic nitrogens is 2. The highest BCUT2D eigenvalue weighted by Gasteiger charge is 2.27. The Labute approximate surface area is 110 Å². The van der Waals surface area contributed by atoms with Crippen LogP contribution in [-0.4, -0.2) is 29.1 Å². The van der Waals surface area contributed by atoms with Gasteiger partial charge in [0.25, 0.3) is 0 Å². The largest absolute Gasteiger partial charge is 0.354 e. The van der Waals surface area contributed by atoms with Gasteiger partial charge in [-0.05, 0) is 46.5 Å². The van der Waals surface area contributed by atoms with Crippen LogP contribution in [0.4, 0.5) is 11.8 Å². The molecule has 18 heavy (non-hydrogen) atoms. The summed E-state index contributed by atoms with van der Waals surface area (Å²) in [6.07, 6.45) is 4.66. The van der Waals surface area contributed by atoms with Gasteiger partial charge in [-0.2, -0.15) is 4.98 Å². The summed E-state index contributed by atoms with van der Waals surface area (Å²) in [4.78, 5) is 11.4. The second kappa shape index (κ2) is 5.55. The van der Waals surface area contributed by atoms with Gasteiger partial charge in [-0.25, -0.2) is 4.98 Å². The lowest BCUT2D eigenvalue weighted by Crippen LogP contribution is -2.34. The molecule has 0 aromatic carbocycles. The second-order valence-electron chi connectivity index (χ2n) is 5.42. The first-order valence-electron chi connectivity index (χ1n) is 6.96. The molecule has 0 aliphatic heterocycles. The predicted octanol–water partition coefficient (Wildman–Crippen LogP) is 2.84. The SMILES string of the molecule is CCNc1ncc(C)c(N(CC2CC2)C(C)C)n1. The van der Waals surface area contributed by atoms with Crippen LogP contribution in [0.25, 0.3) is 0 Å². The molecule has 1 aliphatic rings. The van der Waals surface area contributed by atoms with Crippen molar-refractivity contribution < 1.29 is 0 Å². The number of aryl methyl sites for hydroxylation is 1. The van der Waals surface area contributed by atoms with Crippen molar-refractivity contribution in [3.8, 4) is 0 Å². The molecule has 4 heteroatoms. The van der Waals surface area contributed by atoms with Crippen molar-refractivity contribution in [1.29, 1.82) is 0 Å². The summed E-state index contributed by atoms with van der Waals surface area (Å²) in [6, 6.07) is 0.480. The normalized spacial score (nSPS) is 14.9. The van der Waals surface area contributed by atoms with Crippen LogP contribution in [0.1, 0.15) is 39.2 Å². The van der Waals surface area contributed by atoms with E-state index in [-0.39, 0.29) is 0 Å². The highest BCUT2D eigenvalue weighted by atomic mass is 15.2.